The molecule has 0 aliphatic heterocycles. The van der Waals surface area contributed by atoms with Crippen molar-refractivity contribution in [3.8, 4) is 0 Å². The Hall–Kier alpha value is -0.830. The third-order valence-electron chi connectivity index (χ3n) is 3.22. The minimum absolute atomic E-state index is 0.563. The zero-order chi connectivity index (χ0) is 12.0. The average Bonchev–Trinajstić information content (AvgIpc) is 2.73. The average molecular weight is 223 g/mol. The Morgan fingerprint density at radius 1 is 1.38 bits per heavy atom. The highest BCUT2D eigenvalue weighted by Crippen LogP contribution is 2.23. The van der Waals surface area contributed by atoms with Crippen LogP contribution in [0.4, 0.5) is 0 Å². The Kier molecular flexibility index (Phi) is 5.53. The van der Waals surface area contributed by atoms with E-state index in [-0.39, 0.29) is 0 Å². The predicted molar refractivity (Wildman–Crippen MR) is 68.6 cm³/mol. The first-order valence-electron chi connectivity index (χ1n) is 6.43. The maximum absolute atomic E-state index is 4.39. The summed E-state index contributed by atoms with van der Waals surface area (Å²) in [6.07, 6.45) is 3.06. The van der Waals surface area contributed by atoms with Crippen molar-refractivity contribution in [1.82, 2.24) is 15.1 Å². The Morgan fingerprint density at radius 3 is 2.75 bits per heavy atom. The Labute approximate surface area is 99.2 Å². The first-order valence-corrected chi connectivity index (χ1v) is 6.43. The van der Waals surface area contributed by atoms with E-state index in [2.05, 4.69) is 48.9 Å². The van der Waals surface area contributed by atoms with Gasteiger partial charge in [-0.15, -0.1) is 0 Å². The van der Waals surface area contributed by atoms with Gasteiger partial charge in [0, 0.05) is 24.4 Å². The molecule has 2 atom stereocenters. The third-order valence-corrected chi connectivity index (χ3v) is 3.22. The molecule has 0 aromatic carbocycles. The molecular weight excluding hydrogens is 198 g/mol. The van der Waals surface area contributed by atoms with Crippen molar-refractivity contribution >= 4 is 0 Å². The van der Waals surface area contributed by atoms with Gasteiger partial charge in [-0.2, -0.15) is 5.10 Å². The van der Waals surface area contributed by atoms with Gasteiger partial charge in [0.15, 0.2) is 0 Å². The van der Waals surface area contributed by atoms with Gasteiger partial charge < -0.3 is 5.32 Å². The quantitative estimate of drug-likeness (QED) is 0.770. The van der Waals surface area contributed by atoms with E-state index in [1.807, 2.05) is 6.20 Å². The van der Waals surface area contributed by atoms with E-state index in [4.69, 9.17) is 0 Å². The number of hydrogen-bond donors (Lipinski definition) is 1. The van der Waals surface area contributed by atoms with Crippen LogP contribution in [0.2, 0.25) is 0 Å². The smallest absolute Gasteiger partial charge is 0.0492 e. The van der Waals surface area contributed by atoms with Crippen LogP contribution < -0.4 is 5.32 Å². The molecule has 1 rings (SSSR count). The summed E-state index contributed by atoms with van der Waals surface area (Å²) in [6.45, 7) is 12.1. The molecule has 1 N–H and O–H groups in total. The highest BCUT2D eigenvalue weighted by molar-refractivity contribution is 5.08. The third kappa shape index (κ3) is 3.34. The lowest BCUT2D eigenvalue weighted by Crippen LogP contribution is -2.25. The molecule has 0 bridgehead atoms. The SMILES string of the molecule is CCCn1nccc1C(C)C(C)CNCC. The molecule has 2 unspecified atom stereocenters. The van der Waals surface area contributed by atoms with Crippen LogP contribution in [-0.2, 0) is 6.54 Å². The van der Waals surface area contributed by atoms with Crippen LogP contribution in [0.3, 0.4) is 0 Å². The summed E-state index contributed by atoms with van der Waals surface area (Å²) >= 11 is 0. The molecule has 0 fully saturated rings. The maximum Gasteiger partial charge on any atom is 0.0492 e. The van der Waals surface area contributed by atoms with Crippen molar-refractivity contribution in [3.63, 3.8) is 0 Å². The number of nitrogens with zero attached hydrogens (tertiary/aromatic N) is 2. The zero-order valence-corrected chi connectivity index (χ0v) is 11.0. The van der Waals surface area contributed by atoms with Gasteiger partial charge in [-0.25, -0.2) is 0 Å². The largest absolute Gasteiger partial charge is 0.317 e. The Morgan fingerprint density at radius 2 is 2.12 bits per heavy atom. The van der Waals surface area contributed by atoms with Crippen LogP contribution in [0.25, 0.3) is 0 Å². The minimum atomic E-state index is 0.563. The summed E-state index contributed by atoms with van der Waals surface area (Å²) in [5.41, 5.74) is 1.37. The lowest BCUT2D eigenvalue weighted by molar-refractivity contribution is 0.423. The van der Waals surface area contributed by atoms with Gasteiger partial charge in [0.25, 0.3) is 0 Å². The lowest BCUT2D eigenvalue weighted by atomic mass is 9.92. The summed E-state index contributed by atoms with van der Waals surface area (Å²) in [4.78, 5) is 0. The molecule has 1 heterocycles. The molecule has 1 aromatic rings. The summed E-state index contributed by atoms with van der Waals surface area (Å²) in [6, 6.07) is 2.16. The van der Waals surface area contributed by atoms with Crippen LogP contribution in [0, 0.1) is 5.92 Å². The lowest BCUT2D eigenvalue weighted by Gasteiger charge is -2.21. The van der Waals surface area contributed by atoms with Crippen LogP contribution in [-0.4, -0.2) is 22.9 Å². The summed E-state index contributed by atoms with van der Waals surface area (Å²) in [5.74, 6) is 1.21. The second-order valence-electron chi connectivity index (χ2n) is 4.55. The summed E-state index contributed by atoms with van der Waals surface area (Å²) in [5, 5.41) is 7.80. The Balaban J connectivity index is 2.63. The van der Waals surface area contributed by atoms with Gasteiger partial charge in [0.05, 0.1) is 0 Å². The van der Waals surface area contributed by atoms with Crippen LogP contribution in [0.15, 0.2) is 12.3 Å². The first kappa shape index (κ1) is 13.2. The van der Waals surface area contributed by atoms with Gasteiger partial charge in [0.2, 0.25) is 0 Å². The van der Waals surface area contributed by atoms with Gasteiger partial charge in [-0.1, -0.05) is 27.7 Å². The molecule has 3 nitrogen and oxygen atoms in total. The summed E-state index contributed by atoms with van der Waals surface area (Å²) in [7, 11) is 0. The first-order chi connectivity index (χ1) is 7.70. The minimum Gasteiger partial charge on any atom is -0.317 e. The molecule has 92 valence electrons. The molecule has 0 saturated carbocycles. The number of aryl methyl sites for hydroxylation is 1. The standard InChI is InChI=1S/C13H25N3/c1-5-9-16-13(7-8-15-16)12(4)11(3)10-14-6-2/h7-8,11-12,14H,5-6,9-10H2,1-4H3. The molecule has 1 aromatic heterocycles. The Bertz CT molecular complexity index is 293. The second-order valence-corrected chi connectivity index (χ2v) is 4.55. The monoisotopic (exact) mass is 223 g/mol. The summed E-state index contributed by atoms with van der Waals surface area (Å²) < 4.78 is 2.15. The molecular formula is C13H25N3. The molecule has 0 aliphatic rings. The number of nitrogens with one attached hydrogen (secondary N) is 1. The van der Waals surface area contributed by atoms with Gasteiger partial charge in [-0.3, -0.25) is 4.68 Å². The fourth-order valence-electron chi connectivity index (χ4n) is 1.97. The van der Waals surface area contributed by atoms with E-state index >= 15 is 0 Å². The van der Waals surface area contributed by atoms with Gasteiger partial charge in [-0.05, 0) is 31.5 Å². The van der Waals surface area contributed by atoms with Gasteiger partial charge >= 0.3 is 0 Å². The molecule has 0 radical (unpaired) electrons. The maximum atomic E-state index is 4.39. The molecule has 0 saturated heterocycles. The fourth-order valence-corrected chi connectivity index (χ4v) is 1.97. The predicted octanol–water partition coefficient (Wildman–Crippen LogP) is 2.64. The van der Waals surface area contributed by atoms with Crippen molar-refractivity contribution in [1.29, 1.82) is 0 Å². The highest BCUT2D eigenvalue weighted by Gasteiger charge is 2.17. The van der Waals surface area contributed by atoms with Crippen molar-refractivity contribution in [2.75, 3.05) is 13.1 Å². The van der Waals surface area contributed by atoms with E-state index in [9.17, 15) is 0 Å². The molecule has 0 spiro atoms. The van der Waals surface area contributed by atoms with E-state index in [1.165, 1.54) is 5.69 Å². The highest BCUT2D eigenvalue weighted by atomic mass is 15.3. The van der Waals surface area contributed by atoms with E-state index in [0.717, 1.165) is 26.1 Å². The molecule has 0 amide bonds. The molecule has 0 aliphatic carbocycles. The van der Waals surface area contributed by atoms with Crippen LogP contribution in [0.1, 0.15) is 45.7 Å². The van der Waals surface area contributed by atoms with Crippen LogP contribution >= 0.6 is 0 Å². The van der Waals surface area contributed by atoms with Crippen molar-refractivity contribution in [2.45, 2.75) is 46.6 Å². The number of aromatic nitrogens is 2. The number of hydrogen-bond acceptors (Lipinski definition) is 2. The number of rotatable bonds is 7. The molecule has 3 heteroatoms. The fraction of sp³-hybridized carbons (Fsp3) is 0.769. The van der Waals surface area contributed by atoms with Gasteiger partial charge in [0.1, 0.15) is 0 Å². The zero-order valence-electron chi connectivity index (χ0n) is 11.0. The van der Waals surface area contributed by atoms with E-state index in [1.54, 1.807) is 0 Å². The van der Waals surface area contributed by atoms with Crippen molar-refractivity contribution < 1.29 is 0 Å². The van der Waals surface area contributed by atoms with E-state index in [0.29, 0.717) is 11.8 Å². The van der Waals surface area contributed by atoms with Crippen LogP contribution in [0.5, 0.6) is 0 Å². The second kappa shape index (κ2) is 6.69. The van der Waals surface area contributed by atoms with Crippen molar-refractivity contribution in [3.05, 3.63) is 18.0 Å². The molecule has 16 heavy (non-hydrogen) atoms. The van der Waals surface area contributed by atoms with E-state index < -0.39 is 0 Å². The normalized spacial score (nSPS) is 15.0. The van der Waals surface area contributed by atoms with Crippen molar-refractivity contribution in [2.24, 2.45) is 5.92 Å². The topological polar surface area (TPSA) is 29.9 Å².